The van der Waals surface area contributed by atoms with E-state index in [1.807, 2.05) is 18.2 Å². The van der Waals surface area contributed by atoms with E-state index in [1.54, 1.807) is 0 Å². The smallest absolute Gasteiger partial charge is 0.103 e. The van der Waals surface area contributed by atoms with Crippen LogP contribution in [0.15, 0.2) is 125 Å². The van der Waals surface area contributed by atoms with E-state index < -0.39 is 0 Å². The van der Waals surface area contributed by atoms with Crippen LogP contribution in [0.25, 0.3) is 0 Å². The zero-order valence-electron chi connectivity index (χ0n) is 16.3. The Balaban J connectivity index is 2.00. The van der Waals surface area contributed by atoms with Gasteiger partial charge in [-0.25, -0.2) is 0 Å². The van der Waals surface area contributed by atoms with Crippen molar-refractivity contribution in [3.8, 4) is 0 Å². The Hall–Kier alpha value is -2.77. The van der Waals surface area contributed by atoms with Gasteiger partial charge in [-0.2, -0.15) is 0 Å². The van der Waals surface area contributed by atoms with Crippen molar-refractivity contribution in [2.75, 3.05) is 0 Å². The van der Waals surface area contributed by atoms with Crippen molar-refractivity contribution in [1.82, 2.24) is 0 Å². The Labute approximate surface area is 172 Å². The third-order valence-electron chi connectivity index (χ3n) is 4.62. The predicted octanol–water partition coefficient (Wildman–Crippen LogP) is 6.97. The van der Waals surface area contributed by atoms with Gasteiger partial charge in [-0.3, -0.25) is 0 Å². The van der Waals surface area contributed by atoms with Crippen LogP contribution in [0.2, 0.25) is 0 Å². The summed E-state index contributed by atoms with van der Waals surface area (Å²) < 4.78 is 0. The van der Waals surface area contributed by atoms with Gasteiger partial charge in [0.15, 0.2) is 14.7 Å². The summed E-state index contributed by atoms with van der Waals surface area (Å²) in [5.74, 6) is 0. The third kappa shape index (κ3) is 4.94. The minimum Gasteiger partial charge on any atom is -0.103 e. The second-order valence-electron chi connectivity index (χ2n) is 6.72. The Morgan fingerprint density at radius 2 is 0.714 bits per heavy atom. The number of rotatable bonds is 9. The molecule has 0 spiro atoms. The van der Waals surface area contributed by atoms with Gasteiger partial charge in [-0.05, 0) is 72.4 Å². The van der Waals surface area contributed by atoms with Gasteiger partial charge in [0.05, 0.1) is 10.9 Å². The van der Waals surface area contributed by atoms with Gasteiger partial charge in [0.2, 0.25) is 0 Å². The van der Waals surface area contributed by atoms with E-state index in [0.717, 1.165) is 19.3 Å². The van der Waals surface area contributed by atoms with Crippen molar-refractivity contribution < 1.29 is 0 Å². The van der Waals surface area contributed by atoms with Gasteiger partial charge < -0.3 is 0 Å². The van der Waals surface area contributed by atoms with Crippen LogP contribution in [0.5, 0.6) is 0 Å². The van der Waals surface area contributed by atoms with Crippen molar-refractivity contribution in [3.05, 3.63) is 127 Å². The molecule has 0 aromatic heterocycles. The molecule has 0 aliphatic carbocycles. The summed E-state index contributed by atoms with van der Waals surface area (Å²) in [6.45, 7) is 11.5. The molecule has 0 radical (unpaired) electrons. The van der Waals surface area contributed by atoms with E-state index >= 15 is 0 Å². The lowest BCUT2D eigenvalue weighted by atomic mass is 10.1. The highest BCUT2D eigenvalue weighted by Gasteiger charge is 2.28. The highest BCUT2D eigenvalue weighted by Crippen LogP contribution is 2.32. The predicted molar refractivity (Wildman–Crippen MR) is 123 cm³/mol. The first kappa shape index (κ1) is 20.0. The molecule has 0 aliphatic rings. The molecule has 3 aromatic carbocycles. The molecule has 3 rings (SSSR count). The molecule has 1 heteroatoms. The minimum absolute atomic E-state index is 0.129. The fourth-order valence-electron chi connectivity index (χ4n) is 3.19. The van der Waals surface area contributed by atoms with Crippen LogP contribution in [0.3, 0.4) is 0 Å². The molecule has 28 heavy (non-hydrogen) atoms. The Morgan fingerprint density at radius 1 is 0.464 bits per heavy atom. The van der Waals surface area contributed by atoms with Crippen LogP contribution in [0, 0.1) is 0 Å². The lowest BCUT2D eigenvalue weighted by molar-refractivity contribution is 1.21. The minimum atomic E-state index is -0.129. The second kappa shape index (κ2) is 9.96. The summed E-state index contributed by atoms with van der Waals surface area (Å²) in [6, 6.07) is 26.9. The second-order valence-corrected chi connectivity index (χ2v) is 8.74. The molecular weight excluding hydrogens is 356 g/mol. The molecule has 0 nitrogen and oxygen atoms in total. The molecule has 0 saturated carbocycles. The van der Waals surface area contributed by atoms with E-state index in [4.69, 9.17) is 0 Å². The van der Waals surface area contributed by atoms with E-state index in [0.29, 0.717) is 0 Å². The molecule has 0 N–H and O–H groups in total. The molecule has 140 valence electrons. The fraction of sp³-hybridized carbons (Fsp3) is 0.111. The van der Waals surface area contributed by atoms with Gasteiger partial charge in [0.1, 0.15) is 0 Å². The summed E-state index contributed by atoms with van der Waals surface area (Å²) in [7, 11) is -0.129. The Bertz CT molecular complexity index is 788. The van der Waals surface area contributed by atoms with Crippen molar-refractivity contribution >= 4 is 10.9 Å². The number of benzene rings is 3. The lowest BCUT2D eigenvalue weighted by Crippen LogP contribution is -2.05. The summed E-state index contributed by atoms with van der Waals surface area (Å²) in [5, 5.41) is 0. The number of hydrogen-bond acceptors (Lipinski definition) is 0. The van der Waals surface area contributed by atoms with Gasteiger partial charge in [-0.15, -0.1) is 19.7 Å². The van der Waals surface area contributed by atoms with Crippen LogP contribution in [-0.2, 0) is 30.2 Å². The highest BCUT2D eigenvalue weighted by atomic mass is 32.2. The topological polar surface area (TPSA) is 0 Å². The summed E-state index contributed by atoms with van der Waals surface area (Å²) in [4.78, 5) is 4.00. The molecule has 0 heterocycles. The third-order valence-corrected chi connectivity index (χ3v) is 6.85. The summed E-state index contributed by atoms with van der Waals surface area (Å²) >= 11 is 0. The molecule has 3 aromatic rings. The van der Waals surface area contributed by atoms with E-state index in [1.165, 1.54) is 31.4 Å². The zero-order chi connectivity index (χ0) is 19.8. The first-order valence-electron chi connectivity index (χ1n) is 9.59. The van der Waals surface area contributed by atoms with E-state index in [2.05, 4.69) is 92.5 Å². The highest BCUT2D eigenvalue weighted by molar-refractivity contribution is 7.97. The zero-order valence-corrected chi connectivity index (χ0v) is 17.1. The normalized spacial score (nSPS) is 10.6. The molecule has 0 bridgehead atoms. The van der Waals surface area contributed by atoms with Crippen LogP contribution >= 0.6 is 0 Å². The van der Waals surface area contributed by atoms with Gasteiger partial charge >= 0.3 is 0 Å². The molecule has 0 unspecified atom stereocenters. The van der Waals surface area contributed by atoms with Gasteiger partial charge in [-0.1, -0.05) is 54.6 Å². The van der Waals surface area contributed by atoms with Crippen molar-refractivity contribution in [3.63, 3.8) is 0 Å². The van der Waals surface area contributed by atoms with Crippen molar-refractivity contribution in [2.24, 2.45) is 0 Å². The van der Waals surface area contributed by atoms with Gasteiger partial charge in [0, 0.05) is 0 Å². The van der Waals surface area contributed by atoms with Crippen LogP contribution < -0.4 is 0 Å². The average molecular weight is 384 g/mol. The fourth-order valence-corrected chi connectivity index (χ4v) is 5.23. The molecule has 0 fully saturated rings. The van der Waals surface area contributed by atoms with Crippen LogP contribution in [0.1, 0.15) is 16.7 Å². The standard InChI is InChI=1S/C27H27S/c1-4-7-22-10-16-25(17-11-22)28(26-18-12-23(8-5-2)13-19-26)27-20-14-24(9-6-3)15-21-27/h4-6,10-21H,1-3,7-9H2/q+1. The summed E-state index contributed by atoms with van der Waals surface area (Å²) in [5.41, 5.74) is 3.89. The Kier molecular flexibility index (Phi) is 7.11. The molecule has 0 atom stereocenters. The molecular formula is C27H27S+. The maximum Gasteiger partial charge on any atom is 0.166 e. The number of allylic oxidation sites excluding steroid dienone is 3. The molecule has 0 amide bonds. The van der Waals surface area contributed by atoms with Gasteiger partial charge in [0.25, 0.3) is 0 Å². The quantitative estimate of drug-likeness (QED) is 0.276. The van der Waals surface area contributed by atoms with Crippen LogP contribution in [0.4, 0.5) is 0 Å². The Morgan fingerprint density at radius 3 is 0.929 bits per heavy atom. The van der Waals surface area contributed by atoms with E-state index in [-0.39, 0.29) is 10.9 Å². The largest absolute Gasteiger partial charge is 0.166 e. The van der Waals surface area contributed by atoms with Crippen LogP contribution in [-0.4, -0.2) is 0 Å². The first-order chi connectivity index (χ1) is 13.7. The van der Waals surface area contributed by atoms with Crippen molar-refractivity contribution in [1.29, 1.82) is 0 Å². The maximum absolute atomic E-state index is 3.84. The van der Waals surface area contributed by atoms with Crippen molar-refractivity contribution in [2.45, 2.75) is 33.9 Å². The van der Waals surface area contributed by atoms with E-state index in [9.17, 15) is 0 Å². The first-order valence-corrected chi connectivity index (χ1v) is 10.8. The average Bonchev–Trinajstić information content (AvgIpc) is 2.73. The maximum atomic E-state index is 3.84. The summed E-state index contributed by atoms with van der Waals surface area (Å²) in [6.07, 6.45) is 8.56. The number of hydrogen-bond donors (Lipinski definition) is 0. The monoisotopic (exact) mass is 383 g/mol. The SMILES string of the molecule is C=CCc1ccc([S+](c2ccc(CC=C)cc2)c2ccc(CC=C)cc2)cc1. The molecule has 0 aliphatic heterocycles. The lowest BCUT2D eigenvalue weighted by Gasteiger charge is -2.10. The molecule has 0 saturated heterocycles.